The van der Waals surface area contributed by atoms with E-state index in [1.165, 1.54) is 128 Å². The van der Waals surface area contributed by atoms with Gasteiger partial charge in [-0.3, -0.25) is 14.4 Å². The molecule has 6 heteroatoms. The molecule has 0 saturated heterocycles. The predicted octanol–water partition coefficient (Wildman–Crippen LogP) is 15.8. The monoisotopic (exact) mass is 801 g/mol. The Morgan fingerprint density at radius 2 is 0.632 bits per heavy atom. The van der Waals surface area contributed by atoms with Gasteiger partial charge in [0.25, 0.3) is 0 Å². The van der Waals surface area contributed by atoms with Crippen molar-refractivity contribution in [1.29, 1.82) is 0 Å². The lowest BCUT2D eigenvalue weighted by molar-refractivity contribution is -0.167. The first kappa shape index (κ1) is 54.6. The van der Waals surface area contributed by atoms with Gasteiger partial charge in [-0.2, -0.15) is 0 Å². The fourth-order valence-corrected chi connectivity index (χ4v) is 6.88. The van der Waals surface area contributed by atoms with Crippen LogP contribution in [0.3, 0.4) is 0 Å². The van der Waals surface area contributed by atoms with Crippen molar-refractivity contribution in [2.45, 2.75) is 258 Å². The summed E-state index contributed by atoms with van der Waals surface area (Å²) in [5.74, 6) is -0.901. The van der Waals surface area contributed by atoms with Gasteiger partial charge in [0.05, 0.1) is 0 Å². The Morgan fingerprint density at radius 1 is 0.351 bits per heavy atom. The fourth-order valence-electron chi connectivity index (χ4n) is 6.88. The second-order valence-electron chi connectivity index (χ2n) is 16.4. The highest BCUT2D eigenvalue weighted by Gasteiger charge is 2.19. The molecule has 1 unspecified atom stereocenters. The summed E-state index contributed by atoms with van der Waals surface area (Å²) in [6, 6.07) is 0. The van der Waals surface area contributed by atoms with Crippen LogP contribution in [0.1, 0.15) is 252 Å². The molecule has 0 heterocycles. The summed E-state index contributed by atoms with van der Waals surface area (Å²) in [4.78, 5) is 37.6. The molecule has 0 spiro atoms. The molecule has 0 aromatic heterocycles. The van der Waals surface area contributed by atoms with Crippen molar-refractivity contribution in [3.8, 4) is 0 Å². The third-order valence-corrected chi connectivity index (χ3v) is 10.6. The van der Waals surface area contributed by atoms with Crippen LogP contribution in [-0.4, -0.2) is 37.2 Å². The highest BCUT2D eigenvalue weighted by Crippen LogP contribution is 2.14. The van der Waals surface area contributed by atoms with Gasteiger partial charge in [0.1, 0.15) is 13.2 Å². The largest absolute Gasteiger partial charge is 0.462 e. The lowest BCUT2D eigenvalue weighted by atomic mass is 10.1. The Labute approximate surface area is 353 Å². The topological polar surface area (TPSA) is 78.9 Å². The Bertz CT molecular complexity index is 969. The normalized spacial score (nSPS) is 12.3. The highest BCUT2D eigenvalue weighted by molar-refractivity contribution is 5.71. The maximum absolute atomic E-state index is 12.7. The average molecular weight is 801 g/mol. The molecule has 57 heavy (non-hydrogen) atoms. The van der Waals surface area contributed by atoms with Crippen LogP contribution in [0.5, 0.6) is 0 Å². The molecule has 0 N–H and O–H groups in total. The molecule has 6 nitrogen and oxygen atoms in total. The summed E-state index contributed by atoms with van der Waals surface area (Å²) in [6.45, 7) is 6.54. The molecule has 0 aromatic rings. The number of hydrogen-bond acceptors (Lipinski definition) is 6. The van der Waals surface area contributed by atoms with Crippen LogP contribution in [0.15, 0.2) is 36.5 Å². The van der Waals surface area contributed by atoms with Gasteiger partial charge in [-0.05, 0) is 77.0 Å². The second kappa shape index (κ2) is 46.3. The highest BCUT2D eigenvalue weighted by atomic mass is 16.6. The molecule has 0 amide bonds. The fraction of sp³-hybridized carbons (Fsp3) is 0.824. The molecule has 0 aliphatic rings. The van der Waals surface area contributed by atoms with E-state index in [-0.39, 0.29) is 31.1 Å². The quantitative estimate of drug-likeness (QED) is 0.0264. The second-order valence-corrected chi connectivity index (χ2v) is 16.4. The Morgan fingerprint density at radius 3 is 1.02 bits per heavy atom. The molecule has 332 valence electrons. The third-order valence-electron chi connectivity index (χ3n) is 10.6. The van der Waals surface area contributed by atoms with E-state index in [2.05, 4.69) is 57.2 Å². The SMILES string of the molecule is CCCCC/C=C\C/C=C\CCCCCCCC(=O)OC(COC(=O)CCCCCCCC)COC(=O)CCCCCCCCC/C=C\CCCCCCCCC. The summed E-state index contributed by atoms with van der Waals surface area (Å²) in [5, 5.41) is 0. The van der Waals surface area contributed by atoms with Gasteiger partial charge in [-0.15, -0.1) is 0 Å². The molecule has 0 aromatic carbocycles. The lowest BCUT2D eigenvalue weighted by Gasteiger charge is -2.18. The van der Waals surface area contributed by atoms with E-state index < -0.39 is 6.10 Å². The van der Waals surface area contributed by atoms with E-state index in [4.69, 9.17) is 14.2 Å². The van der Waals surface area contributed by atoms with E-state index in [1.54, 1.807) is 0 Å². The number of esters is 3. The van der Waals surface area contributed by atoms with Crippen LogP contribution in [-0.2, 0) is 28.6 Å². The summed E-state index contributed by atoms with van der Waals surface area (Å²) >= 11 is 0. The van der Waals surface area contributed by atoms with Gasteiger partial charge < -0.3 is 14.2 Å². The maximum Gasteiger partial charge on any atom is 0.306 e. The van der Waals surface area contributed by atoms with Crippen LogP contribution in [0.25, 0.3) is 0 Å². The van der Waals surface area contributed by atoms with E-state index >= 15 is 0 Å². The molecule has 0 saturated carbocycles. The minimum absolute atomic E-state index is 0.0785. The minimum Gasteiger partial charge on any atom is -0.462 e. The third kappa shape index (κ3) is 44.6. The molecular weight excluding hydrogens is 709 g/mol. The van der Waals surface area contributed by atoms with Gasteiger partial charge in [-0.25, -0.2) is 0 Å². The first-order valence-electron chi connectivity index (χ1n) is 24.5. The van der Waals surface area contributed by atoms with Gasteiger partial charge in [-0.1, -0.05) is 192 Å². The molecule has 0 aliphatic carbocycles. The first-order chi connectivity index (χ1) is 28.0. The van der Waals surface area contributed by atoms with Crippen molar-refractivity contribution in [2.24, 2.45) is 0 Å². The van der Waals surface area contributed by atoms with Gasteiger partial charge in [0.15, 0.2) is 6.10 Å². The summed E-state index contributed by atoms with van der Waals surface area (Å²) in [7, 11) is 0. The van der Waals surface area contributed by atoms with Crippen LogP contribution < -0.4 is 0 Å². The van der Waals surface area contributed by atoms with Gasteiger partial charge in [0.2, 0.25) is 0 Å². The standard InChI is InChI=1S/C51H92O6/c1-4-7-10-13-16-18-20-22-24-25-26-28-29-31-33-35-38-41-44-50(53)56-47-48(46-55-49(52)43-40-37-15-12-9-6-3)57-51(54)45-42-39-36-34-32-30-27-23-21-19-17-14-11-8-5-2/h17,19,23-25,27,48H,4-16,18,20-22,26,28-47H2,1-3H3/b19-17-,25-24-,27-23-. The maximum atomic E-state index is 12.7. The molecule has 0 radical (unpaired) electrons. The number of ether oxygens (including phenoxy) is 3. The zero-order valence-corrected chi connectivity index (χ0v) is 37.9. The molecule has 0 fully saturated rings. The predicted molar refractivity (Wildman–Crippen MR) is 242 cm³/mol. The van der Waals surface area contributed by atoms with Crippen molar-refractivity contribution >= 4 is 17.9 Å². The molecule has 0 aliphatic heterocycles. The zero-order valence-electron chi connectivity index (χ0n) is 37.9. The average Bonchev–Trinajstić information content (AvgIpc) is 3.21. The smallest absolute Gasteiger partial charge is 0.306 e. The number of unbranched alkanes of at least 4 members (excludes halogenated alkanes) is 27. The van der Waals surface area contributed by atoms with E-state index in [0.717, 1.165) is 83.5 Å². The summed E-state index contributed by atoms with van der Waals surface area (Å²) < 4.78 is 16.7. The Kier molecular flexibility index (Phi) is 44.4. The number of rotatable bonds is 44. The zero-order chi connectivity index (χ0) is 41.5. The number of carbonyl (C=O) groups is 3. The number of hydrogen-bond donors (Lipinski definition) is 0. The van der Waals surface area contributed by atoms with Crippen molar-refractivity contribution in [2.75, 3.05) is 13.2 Å². The van der Waals surface area contributed by atoms with Gasteiger partial charge >= 0.3 is 17.9 Å². The molecule has 0 bridgehead atoms. The number of allylic oxidation sites excluding steroid dienone is 6. The van der Waals surface area contributed by atoms with Crippen molar-refractivity contribution in [3.63, 3.8) is 0 Å². The van der Waals surface area contributed by atoms with Crippen molar-refractivity contribution in [3.05, 3.63) is 36.5 Å². The Balaban J connectivity index is 4.24. The van der Waals surface area contributed by atoms with Crippen LogP contribution in [0.2, 0.25) is 0 Å². The van der Waals surface area contributed by atoms with E-state index in [0.29, 0.717) is 19.3 Å². The molecular formula is C51H92O6. The number of carbonyl (C=O) groups excluding carboxylic acids is 3. The first-order valence-corrected chi connectivity index (χ1v) is 24.5. The van der Waals surface area contributed by atoms with E-state index in [9.17, 15) is 14.4 Å². The minimum atomic E-state index is -0.775. The van der Waals surface area contributed by atoms with Crippen LogP contribution in [0, 0.1) is 0 Å². The van der Waals surface area contributed by atoms with Gasteiger partial charge in [0, 0.05) is 19.3 Å². The molecule has 0 rings (SSSR count). The van der Waals surface area contributed by atoms with Crippen molar-refractivity contribution < 1.29 is 28.6 Å². The summed E-state index contributed by atoms with van der Waals surface area (Å²) in [5.41, 5.74) is 0. The van der Waals surface area contributed by atoms with Crippen LogP contribution in [0.4, 0.5) is 0 Å². The Hall–Kier alpha value is -2.37. The van der Waals surface area contributed by atoms with Crippen molar-refractivity contribution in [1.82, 2.24) is 0 Å². The lowest BCUT2D eigenvalue weighted by Crippen LogP contribution is -2.30. The summed E-state index contributed by atoms with van der Waals surface area (Å²) in [6.07, 6.45) is 52.9. The molecule has 1 atom stereocenters. The van der Waals surface area contributed by atoms with E-state index in [1.807, 2.05) is 0 Å². The van der Waals surface area contributed by atoms with Crippen LogP contribution >= 0.6 is 0 Å².